The van der Waals surface area contributed by atoms with Gasteiger partial charge in [0.15, 0.2) is 0 Å². The van der Waals surface area contributed by atoms with Gasteiger partial charge in [-0.05, 0) is 41.7 Å². The fourth-order valence-corrected chi connectivity index (χ4v) is 3.05. The van der Waals surface area contributed by atoms with E-state index in [2.05, 4.69) is 11.1 Å². The monoisotopic (exact) mass is 211 g/mol. The number of allylic oxidation sites excluding steroid dienone is 2. The third-order valence-corrected chi connectivity index (χ3v) is 3.73. The maximum Gasteiger partial charge on any atom is 0.149 e. The molecule has 4 rings (SSSR count). The molecule has 1 heterocycles. The van der Waals surface area contributed by atoms with Crippen LogP contribution in [0.15, 0.2) is 30.5 Å². The lowest BCUT2D eigenvalue weighted by molar-refractivity contribution is 0.630. The smallest absolute Gasteiger partial charge is 0.149 e. The molecule has 0 bridgehead atoms. The van der Waals surface area contributed by atoms with Crippen LogP contribution in [-0.2, 0) is 0 Å². The Hall–Kier alpha value is -1.70. The Morgan fingerprint density at radius 3 is 3.25 bits per heavy atom. The van der Waals surface area contributed by atoms with Crippen molar-refractivity contribution in [2.24, 2.45) is 0 Å². The van der Waals surface area contributed by atoms with Crippen LogP contribution in [0.2, 0.25) is 0 Å². The number of pyridine rings is 1. The van der Waals surface area contributed by atoms with E-state index in [1.165, 1.54) is 16.7 Å². The normalized spacial score (nSPS) is 21.3. The second-order valence-electron chi connectivity index (χ2n) is 4.51. The second-order valence-corrected chi connectivity index (χ2v) is 4.51. The molecule has 0 amide bonds. The van der Waals surface area contributed by atoms with E-state index in [1.807, 2.05) is 12.1 Å². The van der Waals surface area contributed by atoms with Crippen LogP contribution in [0.5, 0.6) is 0 Å². The number of halogens is 1. The van der Waals surface area contributed by atoms with Crippen molar-refractivity contribution in [1.29, 1.82) is 0 Å². The Labute approximate surface area is 92.6 Å². The molecule has 0 aliphatic heterocycles. The molecule has 2 heteroatoms. The van der Waals surface area contributed by atoms with Gasteiger partial charge in [0.2, 0.25) is 0 Å². The number of benzene rings is 1. The van der Waals surface area contributed by atoms with Gasteiger partial charge in [-0.3, -0.25) is 4.98 Å². The quantitative estimate of drug-likeness (QED) is 0.648. The van der Waals surface area contributed by atoms with Crippen LogP contribution in [-0.4, -0.2) is 4.98 Å². The van der Waals surface area contributed by atoms with Crippen molar-refractivity contribution in [2.75, 3.05) is 0 Å². The summed E-state index contributed by atoms with van der Waals surface area (Å²) in [6.07, 6.45) is 6.21. The van der Waals surface area contributed by atoms with E-state index in [0.29, 0.717) is 11.4 Å². The average Bonchev–Trinajstić information content (AvgIpc) is 2.70. The predicted molar refractivity (Wildman–Crippen MR) is 61.7 cm³/mol. The number of aromatic nitrogens is 1. The van der Waals surface area contributed by atoms with Gasteiger partial charge in [0.25, 0.3) is 0 Å². The van der Waals surface area contributed by atoms with E-state index in [0.717, 1.165) is 18.2 Å². The van der Waals surface area contributed by atoms with Crippen LogP contribution >= 0.6 is 0 Å². The van der Waals surface area contributed by atoms with Gasteiger partial charge in [0.1, 0.15) is 11.3 Å². The summed E-state index contributed by atoms with van der Waals surface area (Å²) < 4.78 is 13.8. The van der Waals surface area contributed by atoms with Gasteiger partial charge >= 0.3 is 0 Å². The van der Waals surface area contributed by atoms with E-state index in [4.69, 9.17) is 0 Å². The summed E-state index contributed by atoms with van der Waals surface area (Å²) in [7, 11) is 0. The molecule has 2 aliphatic rings. The van der Waals surface area contributed by atoms with Gasteiger partial charge in [-0.2, -0.15) is 0 Å². The Bertz CT molecular complexity index is 642. The molecule has 1 unspecified atom stereocenters. The van der Waals surface area contributed by atoms with Gasteiger partial charge in [0, 0.05) is 17.5 Å². The molecule has 1 nitrogen and oxygen atoms in total. The highest BCUT2D eigenvalue weighted by atomic mass is 19.1. The van der Waals surface area contributed by atoms with Crippen molar-refractivity contribution in [3.63, 3.8) is 0 Å². The highest BCUT2D eigenvalue weighted by molar-refractivity contribution is 6.01. The molecule has 0 saturated heterocycles. The Morgan fingerprint density at radius 1 is 1.38 bits per heavy atom. The minimum absolute atomic E-state index is 0.180. The van der Waals surface area contributed by atoms with Crippen LogP contribution in [0.1, 0.15) is 29.9 Å². The zero-order valence-electron chi connectivity index (χ0n) is 8.70. The zero-order valence-corrected chi connectivity index (χ0v) is 8.70. The predicted octanol–water partition coefficient (Wildman–Crippen LogP) is 3.65. The Balaban J connectivity index is 2.16. The van der Waals surface area contributed by atoms with Crippen LogP contribution in [0.25, 0.3) is 16.5 Å². The molecule has 78 valence electrons. The highest BCUT2D eigenvalue weighted by Gasteiger charge is 2.36. The Morgan fingerprint density at radius 2 is 2.31 bits per heavy atom. The topological polar surface area (TPSA) is 12.9 Å². The van der Waals surface area contributed by atoms with Gasteiger partial charge in [-0.1, -0.05) is 12.1 Å². The van der Waals surface area contributed by atoms with Crippen LogP contribution in [0, 0.1) is 5.82 Å². The van der Waals surface area contributed by atoms with E-state index < -0.39 is 0 Å². The summed E-state index contributed by atoms with van der Waals surface area (Å²) >= 11 is 0. The largest absolute Gasteiger partial charge is 0.253 e. The number of fused-ring (bicyclic) bond motifs is 6. The molecule has 0 spiro atoms. The van der Waals surface area contributed by atoms with E-state index in [9.17, 15) is 4.39 Å². The van der Waals surface area contributed by atoms with Gasteiger partial charge in [-0.25, -0.2) is 4.39 Å². The maximum atomic E-state index is 13.8. The second kappa shape index (κ2) is 2.70. The standard InChI is InChI=1S/C14H10FN/c15-12-7-11-8-3-1-4-9(8)13(11)10-5-2-6-16-14(10)12/h2,4-8H,1,3H2. The summed E-state index contributed by atoms with van der Waals surface area (Å²) in [6, 6.07) is 5.53. The number of hydrogen-bond acceptors (Lipinski definition) is 1. The van der Waals surface area contributed by atoms with Crippen molar-refractivity contribution in [3.8, 4) is 0 Å². The molecule has 0 radical (unpaired) electrons. The molecular weight excluding hydrogens is 201 g/mol. The molecule has 0 fully saturated rings. The van der Waals surface area contributed by atoms with Crippen molar-refractivity contribution >= 4 is 16.5 Å². The van der Waals surface area contributed by atoms with Gasteiger partial charge in [0.05, 0.1) is 0 Å². The summed E-state index contributed by atoms with van der Waals surface area (Å²) in [6.45, 7) is 0. The fraction of sp³-hybridized carbons (Fsp3) is 0.214. The van der Waals surface area contributed by atoms with Crippen molar-refractivity contribution in [3.05, 3.63) is 47.4 Å². The summed E-state index contributed by atoms with van der Waals surface area (Å²) in [5.74, 6) is 0.314. The molecule has 1 aromatic heterocycles. The summed E-state index contributed by atoms with van der Waals surface area (Å²) in [4.78, 5) is 4.13. The number of rotatable bonds is 0. The summed E-state index contributed by atoms with van der Waals surface area (Å²) in [5, 5.41) is 0.974. The zero-order chi connectivity index (χ0) is 10.7. The first-order valence-electron chi connectivity index (χ1n) is 5.64. The Kier molecular flexibility index (Phi) is 1.43. The van der Waals surface area contributed by atoms with E-state index >= 15 is 0 Å². The highest BCUT2D eigenvalue weighted by Crippen LogP contribution is 2.54. The molecule has 0 N–H and O–H groups in total. The number of hydrogen-bond donors (Lipinski definition) is 0. The first-order valence-corrected chi connectivity index (χ1v) is 5.64. The lowest BCUT2D eigenvalue weighted by Crippen LogP contribution is -2.14. The van der Waals surface area contributed by atoms with Crippen LogP contribution in [0.3, 0.4) is 0 Å². The number of nitrogens with zero attached hydrogens (tertiary/aromatic N) is 1. The lowest BCUT2D eigenvalue weighted by Gasteiger charge is -2.31. The van der Waals surface area contributed by atoms with Crippen molar-refractivity contribution in [2.45, 2.75) is 18.8 Å². The third-order valence-electron chi connectivity index (χ3n) is 3.73. The van der Waals surface area contributed by atoms with E-state index in [-0.39, 0.29) is 5.82 Å². The molecule has 1 aromatic carbocycles. The van der Waals surface area contributed by atoms with Crippen LogP contribution < -0.4 is 0 Å². The molecule has 2 aliphatic carbocycles. The lowest BCUT2D eigenvalue weighted by atomic mass is 9.72. The maximum absolute atomic E-state index is 13.8. The minimum Gasteiger partial charge on any atom is -0.253 e. The average molecular weight is 211 g/mol. The minimum atomic E-state index is -0.180. The first kappa shape index (κ1) is 8.45. The van der Waals surface area contributed by atoms with Crippen LogP contribution in [0.4, 0.5) is 4.39 Å². The van der Waals surface area contributed by atoms with Crippen molar-refractivity contribution in [1.82, 2.24) is 4.98 Å². The first-order chi connectivity index (χ1) is 7.86. The molecule has 16 heavy (non-hydrogen) atoms. The molecule has 2 aromatic rings. The molecule has 0 saturated carbocycles. The molecule has 1 atom stereocenters. The SMILES string of the molecule is Fc1cc2c(c3cccnc13)C1=CCCC12. The van der Waals surface area contributed by atoms with Gasteiger partial charge in [-0.15, -0.1) is 0 Å². The summed E-state index contributed by atoms with van der Waals surface area (Å²) in [5.41, 5.74) is 4.34. The van der Waals surface area contributed by atoms with Gasteiger partial charge < -0.3 is 0 Å². The fourth-order valence-electron chi connectivity index (χ4n) is 3.05. The van der Waals surface area contributed by atoms with Crippen molar-refractivity contribution < 1.29 is 4.39 Å². The third kappa shape index (κ3) is 0.838. The van der Waals surface area contributed by atoms with E-state index in [1.54, 1.807) is 12.3 Å². The molecular formula is C14H10FN.